The van der Waals surface area contributed by atoms with Gasteiger partial charge in [0.1, 0.15) is 17.6 Å². The largest absolute Gasteiger partial charge is 0.489 e. The summed E-state index contributed by atoms with van der Waals surface area (Å²) in [6, 6.07) is 3.52. The number of carbonyl (C=O) groups is 2. The Bertz CT molecular complexity index is 976. The number of amides is 1. The summed E-state index contributed by atoms with van der Waals surface area (Å²) in [4.78, 5) is 27.6. The molecule has 0 unspecified atom stereocenters. The van der Waals surface area contributed by atoms with E-state index in [1.165, 1.54) is 0 Å². The minimum atomic E-state index is -0.779. The number of nitrogens with one attached hydrogen (secondary N) is 1. The predicted molar refractivity (Wildman–Crippen MR) is 114 cm³/mol. The molecular formula is C22H28FN5O5. The van der Waals surface area contributed by atoms with E-state index in [1.807, 2.05) is 0 Å². The van der Waals surface area contributed by atoms with Crippen LogP contribution in [0.1, 0.15) is 44.2 Å². The molecule has 1 amide bonds. The standard InChI is InChI=1S/C22H28FN5O5/c1-28-19(11-25-22(31)32-12-13-7-15(23)8-13)20(26-27-28)18-6-5-17(10-24-18)33-16-4-2-3-14(9-16)21(29)30/h5-6,10,13-16H,2-4,7-9,11-12H2,1H3,(H,25,31)(H,29,30)/t13?,14-,15?,16-/m0/s1. The summed E-state index contributed by atoms with van der Waals surface area (Å²) in [5.41, 5.74) is 1.74. The van der Waals surface area contributed by atoms with E-state index in [0.717, 1.165) is 12.8 Å². The smallest absolute Gasteiger partial charge is 0.407 e. The van der Waals surface area contributed by atoms with Crippen molar-refractivity contribution in [2.24, 2.45) is 18.9 Å². The fourth-order valence-corrected chi connectivity index (χ4v) is 4.22. The number of carbonyl (C=O) groups excluding carboxylic acids is 1. The predicted octanol–water partition coefficient (Wildman–Crippen LogP) is 2.87. The molecule has 0 saturated heterocycles. The highest BCUT2D eigenvalue weighted by Crippen LogP contribution is 2.30. The van der Waals surface area contributed by atoms with Gasteiger partial charge in [0.05, 0.1) is 42.8 Å². The summed E-state index contributed by atoms with van der Waals surface area (Å²) in [6.45, 7) is 0.354. The maximum Gasteiger partial charge on any atom is 0.407 e. The van der Waals surface area contributed by atoms with E-state index < -0.39 is 18.2 Å². The molecule has 2 heterocycles. The van der Waals surface area contributed by atoms with Gasteiger partial charge in [0, 0.05) is 7.05 Å². The molecule has 2 atom stereocenters. The highest BCUT2D eigenvalue weighted by molar-refractivity contribution is 5.70. The zero-order valence-corrected chi connectivity index (χ0v) is 18.4. The number of nitrogens with zero attached hydrogens (tertiary/aromatic N) is 4. The van der Waals surface area contributed by atoms with Gasteiger partial charge >= 0.3 is 12.1 Å². The zero-order valence-electron chi connectivity index (χ0n) is 18.4. The lowest BCUT2D eigenvalue weighted by Gasteiger charge is -2.28. The van der Waals surface area contributed by atoms with Gasteiger partial charge < -0.3 is 19.9 Å². The number of aryl methyl sites for hydroxylation is 1. The van der Waals surface area contributed by atoms with Crippen molar-refractivity contribution in [3.8, 4) is 17.1 Å². The Morgan fingerprint density at radius 1 is 1.27 bits per heavy atom. The Morgan fingerprint density at radius 2 is 2.09 bits per heavy atom. The molecule has 0 aromatic carbocycles. The van der Waals surface area contributed by atoms with Gasteiger partial charge in [-0.2, -0.15) is 0 Å². The van der Waals surface area contributed by atoms with Gasteiger partial charge in [0.25, 0.3) is 0 Å². The van der Waals surface area contributed by atoms with Crippen molar-refractivity contribution in [1.82, 2.24) is 25.3 Å². The van der Waals surface area contributed by atoms with E-state index in [4.69, 9.17) is 9.47 Å². The Hall–Kier alpha value is -3.24. The number of alkyl halides is 1. The molecule has 2 aliphatic carbocycles. The molecule has 2 N–H and O–H groups in total. The number of carboxylic acid groups (broad SMARTS) is 1. The fraction of sp³-hybridized carbons (Fsp3) is 0.591. The van der Waals surface area contributed by atoms with Crippen molar-refractivity contribution in [2.75, 3.05) is 6.61 Å². The number of hydrogen-bond donors (Lipinski definition) is 2. The van der Waals surface area contributed by atoms with E-state index in [9.17, 15) is 19.1 Å². The molecule has 2 aromatic heterocycles. The quantitative estimate of drug-likeness (QED) is 0.614. The minimum Gasteiger partial charge on any atom is -0.489 e. The monoisotopic (exact) mass is 461 g/mol. The lowest BCUT2D eigenvalue weighted by atomic mass is 9.84. The van der Waals surface area contributed by atoms with Crippen LogP contribution in [0, 0.1) is 11.8 Å². The first-order valence-electron chi connectivity index (χ1n) is 11.2. The summed E-state index contributed by atoms with van der Waals surface area (Å²) < 4.78 is 25.5. The van der Waals surface area contributed by atoms with Crippen molar-refractivity contribution in [3.05, 3.63) is 24.0 Å². The third kappa shape index (κ3) is 5.77. The van der Waals surface area contributed by atoms with Crippen molar-refractivity contribution in [2.45, 2.75) is 57.3 Å². The molecule has 2 fully saturated rings. The van der Waals surface area contributed by atoms with Gasteiger partial charge in [-0.05, 0) is 56.6 Å². The molecule has 4 rings (SSSR count). The van der Waals surface area contributed by atoms with Crippen LogP contribution in [0.4, 0.5) is 9.18 Å². The van der Waals surface area contributed by atoms with Crippen LogP contribution in [-0.4, -0.2) is 56.0 Å². The van der Waals surface area contributed by atoms with Gasteiger partial charge in [-0.3, -0.25) is 9.78 Å². The summed E-state index contributed by atoms with van der Waals surface area (Å²) >= 11 is 0. The second-order valence-electron chi connectivity index (χ2n) is 8.72. The maximum atomic E-state index is 12.9. The average molecular weight is 461 g/mol. The summed E-state index contributed by atoms with van der Waals surface area (Å²) in [6.07, 6.45) is 3.77. The summed E-state index contributed by atoms with van der Waals surface area (Å²) in [5, 5.41) is 20.1. The second-order valence-corrected chi connectivity index (χ2v) is 8.72. The normalized spacial score (nSPS) is 24.5. The second kappa shape index (κ2) is 10.1. The van der Waals surface area contributed by atoms with E-state index in [0.29, 0.717) is 48.5 Å². The molecule has 2 aromatic rings. The number of pyridine rings is 1. The van der Waals surface area contributed by atoms with Crippen LogP contribution < -0.4 is 10.1 Å². The number of carboxylic acids is 1. The fourth-order valence-electron chi connectivity index (χ4n) is 4.22. The van der Waals surface area contributed by atoms with Gasteiger partial charge in [0.2, 0.25) is 0 Å². The van der Waals surface area contributed by atoms with Crippen LogP contribution in [0.3, 0.4) is 0 Å². The molecule has 0 spiro atoms. The molecule has 2 aliphatic rings. The third-order valence-corrected chi connectivity index (χ3v) is 6.23. The SMILES string of the molecule is Cn1nnc(-c2ccc(O[C@H]3CCC[C@H](C(=O)O)C3)cn2)c1CNC(=O)OCC1CC(F)C1. The number of aromatic nitrogens is 4. The van der Waals surface area contributed by atoms with Crippen LogP contribution in [-0.2, 0) is 23.1 Å². The van der Waals surface area contributed by atoms with E-state index in [1.54, 1.807) is 30.1 Å². The Morgan fingerprint density at radius 3 is 2.79 bits per heavy atom. The van der Waals surface area contributed by atoms with Crippen LogP contribution in [0.5, 0.6) is 5.75 Å². The minimum absolute atomic E-state index is 0.0910. The number of alkyl carbamates (subject to hydrolysis) is 1. The zero-order chi connectivity index (χ0) is 23.4. The molecule has 11 heteroatoms. The number of rotatable bonds is 8. The molecular weight excluding hydrogens is 433 g/mol. The van der Waals surface area contributed by atoms with E-state index in [2.05, 4.69) is 20.6 Å². The highest BCUT2D eigenvalue weighted by atomic mass is 19.1. The van der Waals surface area contributed by atoms with Crippen molar-refractivity contribution >= 4 is 12.1 Å². The average Bonchev–Trinajstić information content (AvgIpc) is 3.15. The number of hydrogen-bond acceptors (Lipinski definition) is 7. The summed E-state index contributed by atoms with van der Waals surface area (Å²) in [5.74, 6) is -0.491. The number of halogens is 1. The maximum absolute atomic E-state index is 12.9. The van der Waals surface area contributed by atoms with E-state index >= 15 is 0 Å². The van der Waals surface area contributed by atoms with Crippen LogP contribution in [0.25, 0.3) is 11.4 Å². The molecule has 2 saturated carbocycles. The van der Waals surface area contributed by atoms with Gasteiger partial charge in [-0.25, -0.2) is 13.9 Å². The van der Waals surface area contributed by atoms with Gasteiger partial charge in [0.15, 0.2) is 0 Å². The number of ether oxygens (including phenoxy) is 2. The Labute approximate surface area is 190 Å². The Balaban J connectivity index is 1.32. The lowest BCUT2D eigenvalue weighted by molar-refractivity contribution is -0.143. The van der Waals surface area contributed by atoms with Crippen molar-refractivity contribution in [3.63, 3.8) is 0 Å². The molecule has 0 radical (unpaired) electrons. The van der Waals surface area contributed by atoms with Gasteiger partial charge in [-0.15, -0.1) is 5.10 Å². The number of aliphatic carboxylic acids is 1. The lowest BCUT2D eigenvalue weighted by Crippen LogP contribution is -2.32. The first-order chi connectivity index (χ1) is 15.9. The molecule has 178 valence electrons. The topological polar surface area (TPSA) is 128 Å². The highest BCUT2D eigenvalue weighted by Gasteiger charge is 2.30. The first-order valence-corrected chi connectivity index (χ1v) is 11.2. The van der Waals surface area contributed by atoms with Crippen LogP contribution >= 0.6 is 0 Å². The molecule has 0 bridgehead atoms. The molecule has 0 aliphatic heterocycles. The van der Waals surface area contributed by atoms with Gasteiger partial charge in [-0.1, -0.05) is 5.21 Å². The molecule has 33 heavy (non-hydrogen) atoms. The van der Waals surface area contributed by atoms with Crippen molar-refractivity contribution in [1.29, 1.82) is 0 Å². The van der Waals surface area contributed by atoms with E-state index in [-0.39, 0.29) is 31.1 Å². The van der Waals surface area contributed by atoms with Crippen LogP contribution in [0.15, 0.2) is 18.3 Å². The van der Waals surface area contributed by atoms with Crippen LogP contribution in [0.2, 0.25) is 0 Å². The third-order valence-electron chi connectivity index (χ3n) is 6.23. The first kappa shape index (κ1) is 22.9. The summed E-state index contributed by atoms with van der Waals surface area (Å²) in [7, 11) is 1.72. The van der Waals surface area contributed by atoms with Crippen molar-refractivity contribution < 1.29 is 28.6 Å². The Kier molecular flexibility index (Phi) is 7.05. The molecule has 10 nitrogen and oxygen atoms in total.